The lowest BCUT2D eigenvalue weighted by Crippen LogP contribution is -2.48. The number of aryl methyl sites for hydroxylation is 1. The second-order valence-electron chi connectivity index (χ2n) is 16.4. The fourth-order valence-electron chi connectivity index (χ4n) is 8.19. The molecule has 4 atom stereocenters. The Balaban J connectivity index is 0.948. The number of nitrogens with zero attached hydrogens (tertiary/aromatic N) is 3. The van der Waals surface area contributed by atoms with Crippen molar-refractivity contribution in [3.8, 4) is 11.1 Å². The van der Waals surface area contributed by atoms with Gasteiger partial charge in [0, 0.05) is 55.4 Å². The van der Waals surface area contributed by atoms with E-state index in [2.05, 4.69) is 20.9 Å². The maximum Gasteiger partial charge on any atom is 0.251 e. The Labute approximate surface area is 384 Å². The number of carbonyl (C=O) groups is 3. The van der Waals surface area contributed by atoms with E-state index < -0.39 is 6.04 Å². The Morgan fingerprint density at radius 2 is 1.34 bits per heavy atom. The molecule has 1 aromatic heterocycles. The summed E-state index contributed by atoms with van der Waals surface area (Å²) in [7, 11) is 0. The van der Waals surface area contributed by atoms with Crippen LogP contribution in [0.2, 0.25) is 0 Å². The molecule has 16 heteroatoms. The number of nitrogens with one attached hydrogen (secondary N) is 3. The first-order chi connectivity index (χ1) is 31.2. The van der Waals surface area contributed by atoms with Crippen LogP contribution in [-0.2, 0) is 33.3 Å². The minimum atomic E-state index is -0.395. The molecule has 1 aliphatic heterocycles. The van der Waals surface area contributed by atoms with Crippen molar-refractivity contribution < 1.29 is 38.1 Å². The lowest BCUT2D eigenvalue weighted by Gasteiger charge is -2.35. The number of ether oxygens (including phenoxy) is 5. The molecule has 1 aliphatic carbocycles. The van der Waals surface area contributed by atoms with Gasteiger partial charge in [0.15, 0.2) is 0 Å². The van der Waals surface area contributed by atoms with E-state index >= 15 is 0 Å². The molecule has 64 heavy (non-hydrogen) atoms. The van der Waals surface area contributed by atoms with Crippen LogP contribution in [0.25, 0.3) is 11.1 Å². The maximum atomic E-state index is 13.8. The van der Waals surface area contributed by atoms with Crippen molar-refractivity contribution >= 4 is 40.8 Å². The number of anilines is 2. The molecule has 2 heterocycles. The van der Waals surface area contributed by atoms with Crippen LogP contribution in [-0.4, -0.2) is 125 Å². The topological polar surface area (TPSA) is 188 Å². The van der Waals surface area contributed by atoms with E-state index in [1.54, 1.807) is 0 Å². The van der Waals surface area contributed by atoms with E-state index in [0.29, 0.717) is 113 Å². The highest BCUT2D eigenvalue weighted by Crippen LogP contribution is 2.42. The number of hydrogen-bond acceptors (Lipinski definition) is 12. The van der Waals surface area contributed by atoms with E-state index in [9.17, 15) is 14.4 Å². The molecule has 5 N–H and O–H groups in total. The van der Waals surface area contributed by atoms with E-state index in [4.69, 9.17) is 51.0 Å². The Kier molecular flexibility index (Phi) is 22.5. The van der Waals surface area contributed by atoms with Crippen LogP contribution in [0.5, 0.6) is 0 Å². The third-order valence-electron chi connectivity index (χ3n) is 11.6. The number of nitrogens with two attached hydrogens (primary N) is 1. The second kappa shape index (κ2) is 28.5. The van der Waals surface area contributed by atoms with E-state index in [1.165, 1.54) is 0 Å². The standard InChI is InChI=1S/C48H70ClN7O8/c1-35(53-47(58)39-13-11-37(12-14-39)38-15-17-41(50)18-16-38)42-34-45(55-36(2)54-42)56-43-10-6-5-9-40(43)33-44(56)48(59)52-22-26-63-30-32-64-31-28-61-24-19-46(57)51-21-25-62-29-27-60-23-8-4-3-7-20-49/h11-18,34-35,40,43-44H,3-10,19-33,50H2,1-2H3,(H,51,57)(H,52,59)(H,53,58)/t35?,40-,43-,44?/m0/s1. The summed E-state index contributed by atoms with van der Waals surface area (Å²) in [4.78, 5) is 50.9. The first-order valence-electron chi connectivity index (χ1n) is 23.1. The maximum absolute atomic E-state index is 13.8. The van der Waals surface area contributed by atoms with Crippen molar-refractivity contribution in [3.05, 3.63) is 71.7 Å². The van der Waals surface area contributed by atoms with E-state index in [1.807, 2.05) is 68.4 Å². The number of unbranched alkanes of at least 4 members (excludes halogenated alkanes) is 3. The van der Waals surface area contributed by atoms with Gasteiger partial charge >= 0.3 is 0 Å². The minimum Gasteiger partial charge on any atom is -0.399 e. The highest BCUT2D eigenvalue weighted by Gasteiger charge is 2.46. The van der Waals surface area contributed by atoms with Gasteiger partial charge in [0.1, 0.15) is 17.7 Å². The number of aromatic nitrogens is 2. The molecule has 2 aliphatic rings. The molecule has 3 aromatic rings. The molecule has 2 aromatic carbocycles. The zero-order chi connectivity index (χ0) is 45.4. The predicted molar refractivity (Wildman–Crippen MR) is 249 cm³/mol. The molecule has 2 fully saturated rings. The molecule has 0 spiro atoms. The Hall–Kier alpha value is -4.38. The van der Waals surface area contributed by atoms with Crippen LogP contribution in [0.15, 0.2) is 54.6 Å². The molecule has 5 rings (SSSR count). The SMILES string of the molecule is Cc1nc(C(C)NC(=O)c2ccc(-c3ccc(N)cc3)cc2)cc(N2C(C(=O)NCCOCCOCCOCCC(=O)NCCOCCOCCCCCCCl)C[C@@H]3CCCC[C@@H]32)n1. The Bertz CT molecular complexity index is 1840. The van der Waals surface area contributed by atoms with Crippen molar-refractivity contribution in [2.45, 2.75) is 96.2 Å². The number of hydrogen-bond donors (Lipinski definition) is 4. The first kappa shape index (κ1) is 50.6. The van der Waals surface area contributed by atoms with Crippen LogP contribution in [0.1, 0.15) is 99.1 Å². The second-order valence-corrected chi connectivity index (χ2v) is 16.8. The van der Waals surface area contributed by atoms with E-state index in [-0.39, 0.29) is 36.2 Å². The summed E-state index contributed by atoms with van der Waals surface area (Å²) in [5.41, 5.74) is 9.79. The summed E-state index contributed by atoms with van der Waals surface area (Å²) < 4.78 is 27.9. The third kappa shape index (κ3) is 17.2. The van der Waals surface area contributed by atoms with Crippen LogP contribution in [0.4, 0.5) is 11.5 Å². The van der Waals surface area contributed by atoms with Gasteiger partial charge in [0.25, 0.3) is 5.91 Å². The number of halogens is 1. The van der Waals surface area contributed by atoms with Crippen LogP contribution >= 0.6 is 11.6 Å². The van der Waals surface area contributed by atoms with Crippen molar-refractivity contribution in [1.82, 2.24) is 25.9 Å². The third-order valence-corrected chi connectivity index (χ3v) is 11.8. The molecule has 352 valence electrons. The highest BCUT2D eigenvalue weighted by atomic mass is 35.5. The van der Waals surface area contributed by atoms with Gasteiger partial charge in [-0.2, -0.15) is 0 Å². The average Bonchev–Trinajstić information content (AvgIpc) is 3.70. The van der Waals surface area contributed by atoms with Crippen molar-refractivity contribution in [2.75, 3.05) is 95.7 Å². The summed E-state index contributed by atoms with van der Waals surface area (Å²) in [5, 5.41) is 9.03. The number of alkyl halides is 1. The molecule has 0 bridgehead atoms. The van der Waals surface area contributed by atoms with Gasteiger partial charge in [-0.25, -0.2) is 9.97 Å². The fraction of sp³-hybridized carbons (Fsp3) is 0.604. The zero-order valence-electron chi connectivity index (χ0n) is 37.8. The van der Waals surface area contributed by atoms with Gasteiger partial charge in [0.2, 0.25) is 11.8 Å². The number of nitrogen functional groups attached to an aromatic ring is 1. The summed E-state index contributed by atoms with van der Waals surface area (Å²) in [6.07, 6.45) is 9.73. The fourth-order valence-corrected chi connectivity index (χ4v) is 8.38. The summed E-state index contributed by atoms with van der Waals surface area (Å²) >= 11 is 5.68. The average molecular weight is 909 g/mol. The van der Waals surface area contributed by atoms with Gasteiger partial charge in [0.05, 0.1) is 71.2 Å². The molecule has 2 unspecified atom stereocenters. The van der Waals surface area contributed by atoms with Crippen molar-refractivity contribution in [3.63, 3.8) is 0 Å². The van der Waals surface area contributed by atoms with Gasteiger partial charge in [-0.3, -0.25) is 14.4 Å². The van der Waals surface area contributed by atoms with Gasteiger partial charge < -0.3 is 50.3 Å². The van der Waals surface area contributed by atoms with Crippen molar-refractivity contribution in [2.24, 2.45) is 5.92 Å². The summed E-state index contributed by atoms with van der Waals surface area (Å²) in [6, 6.07) is 16.5. The number of carbonyl (C=O) groups excluding carboxylic acids is 3. The predicted octanol–water partition coefficient (Wildman–Crippen LogP) is 6.17. The van der Waals surface area contributed by atoms with Crippen LogP contribution < -0.4 is 26.6 Å². The summed E-state index contributed by atoms with van der Waals surface area (Å²) in [6.45, 7) is 9.01. The number of benzene rings is 2. The number of amides is 3. The summed E-state index contributed by atoms with van der Waals surface area (Å²) in [5.74, 6) is 2.08. The molecular weight excluding hydrogens is 838 g/mol. The molecule has 1 saturated carbocycles. The normalized spacial score (nSPS) is 17.5. The molecule has 1 saturated heterocycles. The number of fused-ring (bicyclic) bond motifs is 1. The van der Waals surface area contributed by atoms with Gasteiger partial charge in [-0.1, -0.05) is 49.9 Å². The monoisotopic (exact) mass is 907 g/mol. The number of rotatable bonds is 30. The Morgan fingerprint density at radius 1 is 0.750 bits per heavy atom. The van der Waals surface area contributed by atoms with Gasteiger partial charge in [-0.15, -0.1) is 11.6 Å². The Morgan fingerprint density at radius 3 is 2.03 bits per heavy atom. The van der Waals surface area contributed by atoms with Crippen LogP contribution in [0.3, 0.4) is 0 Å². The highest BCUT2D eigenvalue weighted by molar-refractivity contribution is 6.17. The molecular formula is C48H70ClN7O8. The van der Waals surface area contributed by atoms with E-state index in [0.717, 1.165) is 75.5 Å². The zero-order valence-corrected chi connectivity index (χ0v) is 38.6. The minimum absolute atomic E-state index is 0.0451. The first-order valence-corrected chi connectivity index (χ1v) is 23.7. The lowest BCUT2D eigenvalue weighted by molar-refractivity contribution is -0.123. The molecule has 3 amide bonds. The van der Waals surface area contributed by atoms with Gasteiger partial charge in [-0.05, 0) is 87.3 Å². The molecule has 0 radical (unpaired) electrons. The molecule has 15 nitrogen and oxygen atoms in total. The lowest BCUT2D eigenvalue weighted by atomic mass is 9.84. The largest absolute Gasteiger partial charge is 0.399 e. The van der Waals surface area contributed by atoms with Crippen molar-refractivity contribution in [1.29, 1.82) is 0 Å². The smallest absolute Gasteiger partial charge is 0.251 e. The quantitative estimate of drug-likeness (QED) is 0.0339. The van der Waals surface area contributed by atoms with Crippen LogP contribution in [0, 0.1) is 12.8 Å².